The molecule has 0 aromatic heterocycles. The molecule has 27 heavy (non-hydrogen) atoms. The zero-order valence-corrected chi connectivity index (χ0v) is 19.7. The first-order chi connectivity index (χ1) is 12.6. The lowest BCUT2D eigenvalue weighted by molar-refractivity contribution is 0.185. The zero-order chi connectivity index (χ0) is 18.8. The van der Waals surface area contributed by atoms with Crippen molar-refractivity contribution in [1.29, 1.82) is 0 Å². The molecule has 0 saturated carbocycles. The Balaban J connectivity index is 0.00000364. The predicted octanol–water partition coefficient (Wildman–Crippen LogP) is 3.67. The molecule has 5 nitrogen and oxygen atoms in total. The van der Waals surface area contributed by atoms with E-state index in [4.69, 9.17) is 4.74 Å². The molecule has 1 heterocycles. The van der Waals surface area contributed by atoms with Crippen LogP contribution in [0.2, 0.25) is 0 Å². The summed E-state index contributed by atoms with van der Waals surface area (Å²) in [5, 5.41) is 6.86. The van der Waals surface area contributed by atoms with Crippen LogP contribution in [0.25, 0.3) is 0 Å². The minimum absolute atomic E-state index is 0. The maximum absolute atomic E-state index is 5.97. The second-order valence-electron chi connectivity index (χ2n) is 7.36. The highest BCUT2D eigenvalue weighted by atomic mass is 127. The Labute approximate surface area is 182 Å². The van der Waals surface area contributed by atoms with Gasteiger partial charge in [0, 0.05) is 13.6 Å². The van der Waals surface area contributed by atoms with Crippen molar-refractivity contribution in [2.24, 2.45) is 10.9 Å². The van der Waals surface area contributed by atoms with Gasteiger partial charge in [0.2, 0.25) is 0 Å². The third kappa shape index (κ3) is 9.14. The lowest BCUT2D eigenvalue weighted by atomic mass is 9.97. The van der Waals surface area contributed by atoms with Gasteiger partial charge in [-0.05, 0) is 76.4 Å². The number of guanidine groups is 1. The summed E-state index contributed by atoms with van der Waals surface area (Å²) < 4.78 is 5.97. The van der Waals surface area contributed by atoms with Crippen LogP contribution in [0, 0.1) is 12.8 Å². The highest BCUT2D eigenvalue weighted by Gasteiger charge is 2.18. The van der Waals surface area contributed by atoms with E-state index in [9.17, 15) is 0 Å². The van der Waals surface area contributed by atoms with Crippen molar-refractivity contribution in [2.45, 2.75) is 46.1 Å². The molecule has 1 unspecified atom stereocenters. The summed E-state index contributed by atoms with van der Waals surface area (Å²) in [6.07, 6.45) is 3.88. The van der Waals surface area contributed by atoms with Crippen LogP contribution < -0.4 is 15.4 Å². The molecule has 0 radical (unpaired) electrons. The van der Waals surface area contributed by atoms with Crippen LogP contribution in [-0.4, -0.2) is 56.7 Å². The molecule has 1 aromatic rings. The maximum atomic E-state index is 5.97. The minimum Gasteiger partial charge on any atom is -0.489 e. The number of nitrogens with one attached hydrogen (secondary N) is 2. The molecule has 2 N–H and O–H groups in total. The third-order valence-electron chi connectivity index (χ3n) is 4.91. The Morgan fingerprint density at radius 1 is 1.30 bits per heavy atom. The molecular weight excluding hydrogens is 451 g/mol. The number of ether oxygens (including phenoxy) is 1. The number of halogens is 1. The fourth-order valence-corrected chi connectivity index (χ4v) is 3.40. The topological polar surface area (TPSA) is 48.9 Å². The van der Waals surface area contributed by atoms with Crippen molar-refractivity contribution in [1.82, 2.24) is 15.5 Å². The van der Waals surface area contributed by atoms with Crippen LogP contribution in [0.4, 0.5) is 0 Å². The molecule has 0 amide bonds. The number of aliphatic imine (C=N–C) groups is 1. The molecule has 6 heteroatoms. The van der Waals surface area contributed by atoms with Crippen molar-refractivity contribution < 1.29 is 4.74 Å². The summed E-state index contributed by atoms with van der Waals surface area (Å²) in [6.45, 7) is 11.8. The fraction of sp³-hybridized carbons (Fsp3) is 0.667. The van der Waals surface area contributed by atoms with Gasteiger partial charge >= 0.3 is 0 Å². The van der Waals surface area contributed by atoms with Gasteiger partial charge in [0.05, 0.1) is 6.54 Å². The van der Waals surface area contributed by atoms with E-state index in [1.807, 2.05) is 19.2 Å². The standard InChI is InChI=1S/C21H36N4O.HI/c1-5-11-25-12-9-19(10-13-25)16-24-21(22-4)23-15-18(3)26-20-8-6-7-17(2)14-20;/h6-8,14,18-19H,5,9-13,15-16H2,1-4H3,(H2,22,23,24);1H. The number of likely N-dealkylation sites (tertiary alicyclic amines) is 1. The van der Waals surface area contributed by atoms with Crippen molar-refractivity contribution in [2.75, 3.05) is 39.8 Å². The molecule has 1 fully saturated rings. The molecule has 1 aliphatic heterocycles. The number of aryl methyl sites for hydroxylation is 1. The van der Waals surface area contributed by atoms with Crippen molar-refractivity contribution in [3.8, 4) is 5.75 Å². The van der Waals surface area contributed by atoms with E-state index in [0.29, 0.717) is 0 Å². The van der Waals surface area contributed by atoms with Gasteiger partial charge in [0.15, 0.2) is 5.96 Å². The lowest BCUT2D eigenvalue weighted by Gasteiger charge is -2.32. The van der Waals surface area contributed by atoms with E-state index in [0.717, 1.165) is 30.7 Å². The summed E-state index contributed by atoms with van der Waals surface area (Å²) >= 11 is 0. The molecule has 0 bridgehead atoms. The molecule has 2 rings (SSSR count). The van der Waals surface area contributed by atoms with E-state index in [1.165, 1.54) is 44.5 Å². The molecular formula is C21H37IN4O. The monoisotopic (exact) mass is 488 g/mol. The van der Waals surface area contributed by atoms with E-state index in [-0.39, 0.29) is 30.1 Å². The molecule has 1 aliphatic rings. The lowest BCUT2D eigenvalue weighted by Crippen LogP contribution is -2.45. The summed E-state index contributed by atoms with van der Waals surface area (Å²) in [6, 6.07) is 8.17. The highest BCUT2D eigenvalue weighted by Crippen LogP contribution is 2.16. The summed E-state index contributed by atoms with van der Waals surface area (Å²) in [4.78, 5) is 6.92. The van der Waals surface area contributed by atoms with Gasteiger partial charge in [-0.2, -0.15) is 0 Å². The molecule has 1 aromatic carbocycles. The Kier molecular flexibility index (Phi) is 11.7. The summed E-state index contributed by atoms with van der Waals surface area (Å²) in [5.41, 5.74) is 1.21. The van der Waals surface area contributed by atoms with Gasteiger partial charge < -0.3 is 20.3 Å². The van der Waals surface area contributed by atoms with Gasteiger partial charge in [-0.3, -0.25) is 4.99 Å². The van der Waals surface area contributed by atoms with Crippen molar-refractivity contribution in [3.63, 3.8) is 0 Å². The van der Waals surface area contributed by atoms with Gasteiger partial charge in [-0.1, -0.05) is 19.1 Å². The van der Waals surface area contributed by atoms with Crippen molar-refractivity contribution >= 4 is 29.9 Å². The average Bonchev–Trinajstić information content (AvgIpc) is 2.63. The molecule has 154 valence electrons. The fourth-order valence-electron chi connectivity index (χ4n) is 3.40. The minimum atomic E-state index is 0. The van der Waals surface area contributed by atoms with E-state index < -0.39 is 0 Å². The molecule has 0 aliphatic carbocycles. The first kappa shape index (κ1) is 24.0. The number of rotatable bonds is 8. The van der Waals surface area contributed by atoms with Crippen LogP contribution >= 0.6 is 24.0 Å². The Bertz CT molecular complexity index is 559. The largest absolute Gasteiger partial charge is 0.489 e. The van der Waals surface area contributed by atoms with Crippen LogP contribution in [0.5, 0.6) is 5.75 Å². The molecule has 1 saturated heterocycles. The van der Waals surface area contributed by atoms with Crippen LogP contribution in [-0.2, 0) is 0 Å². The number of hydrogen-bond acceptors (Lipinski definition) is 3. The van der Waals surface area contributed by atoms with E-state index >= 15 is 0 Å². The Morgan fingerprint density at radius 3 is 2.67 bits per heavy atom. The smallest absolute Gasteiger partial charge is 0.191 e. The quantitative estimate of drug-likeness (QED) is 0.333. The summed E-state index contributed by atoms with van der Waals surface area (Å²) in [7, 11) is 1.82. The molecule has 1 atom stereocenters. The van der Waals surface area contributed by atoms with Crippen LogP contribution in [0.1, 0.15) is 38.7 Å². The zero-order valence-electron chi connectivity index (χ0n) is 17.3. The molecule has 0 spiro atoms. The first-order valence-electron chi connectivity index (χ1n) is 10.0. The average molecular weight is 488 g/mol. The van der Waals surface area contributed by atoms with E-state index in [2.05, 4.69) is 53.4 Å². The second-order valence-corrected chi connectivity index (χ2v) is 7.36. The Hall–Kier alpha value is -1.02. The van der Waals surface area contributed by atoms with Crippen LogP contribution in [0.15, 0.2) is 29.3 Å². The summed E-state index contributed by atoms with van der Waals surface area (Å²) in [5.74, 6) is 2.52. The van der Waals surface area contributed by atoms with Gasteiger partial charge in [0.25, 0.3) is 0 Å². The maximum Gasteiger partial charge on any atom is 0.191 e. The second kappa shape index (κ2) is 13.2. The normalized spacial score (nSPS) is 17.1. The van der Waals surface area contributed by atoms with Crippen LogP contribution in [0.3, 0.4) is 0 Å². The third-order valence-corrected chi connectivity index (χ3v) is 4.91. The number of benzene rings is 1. The predicted molar refractivity (Wildman–Crippen MR) is 126 cm³/mol. The SMILES string of the molecule is CCCN1CCC(CNC(=NC)NCC(C)Oc2cccc(C)c2)CC1.I. The number of hydrogen-bond donors (Lipinski definition) is 2. The highest BCUT2D eigenvalue weighted by molar-refractivity contribution is 14.0. The van der Waals surface area contributed by atoms with Crippen molar-refractivity contribution in [3.05, 3.63) is 29.8 Å². The van der Waals surface area contributed by atoms with Gasteiger partial charge in [0.1, 0.15) is 11.9 Å². The number of piperidine rings is 1. The number of nitrogens with zero attached hydrogens (tertiary/aromatic N) is 2. The first-order valence-corrected chi connectivity index (χ1v) is 10.0. The van der Waals surface area contributed by atoms with E-state index in [1.54, 1.807) is 0 Å². The van der Waals surface area contributed by atoms with Gasteiger partial charge in [-0.15, -0.1) is 24.0 Å². The Morgan fingerprint density at radius 2 is 2.04 bits per heavy atom. The van der Waals surface area contributed by atoms with Gasteiger partial charge in [-0.25, -0.2) is 0 Å².